The fourth-order valence-corrected chi connectivity index (χ4v) is 3.94. The lowest BCUT2D eigenvalue weighted by Gasteiger charge is -2.17. The van der Waals surface area contributed by atoms with Crippen molar-refractivity contribution in [3.63, 3.8) is 0 Å². The molecule has 0 spiro atoms. The summed E-state index contributed by atoms with van der Waals surface area (Å²) in [5.41, 5.74) is 1.02. The van der Waals surface area contributed by atoms with E-state index in [4.69, 9.17) is 23.7 Å². The van der Waals surface area contributed by atoms with Gasteiger partial charge in [-0.25, -0.2) is 0 Å². The molecular formula is C28H28N2O8. The quantitative estimate of drug-likeness (QED) is 0.399. The average molecular weight is 521 g/mol. The van der Waals surface area contributed by atoms with Crippen LogP contribution >= 0.6 is 0 Å². The zero-order chi connectivity index (χ0) is 27.1. The molecule has 0 bridgehead atoms. The summed E-state index contributed by atoms with van der Waals surface area (Å²) < 4.78 is 26.5. The molecule has 38 heavy (non-hydrogen) atoms. The van der Waals surface area contributed by atoms with Crippen molar-refractivity contribution in [3.8, 4) is 28.7 Å². The Hall–Kier alpha value is -4.73. The monoisotopic (exact) mass is 520 g/mol. The van der Waals surface area contributed by atoms with Gasteiger partial charge < -0.3 is 33.9 Å². The Morgan fingerprint density at radius 1 is 0.842 bits per heavy atom. The number of benzene rings is 3. The maximum atomic E-state index is 12.6. The number of carbonyl (C=O) groups excluding carboxylic acids is 3. The minimum atomic E-state index is -0.683. The number of hydrogen-bond donors (Lipinski definition) is 1. The van der Waals surface area contributed by atoms with Crippen LogP contribution in [0, 0.1) is 5.92 Å². The summed E-state index contributed by atoms with van der Waals surface area (Å²) in [6.45, 7) is -0.344. The number of nitrogens with zero attached hydrogens (tertiary/aromatic N) is 1. The predicted octanol–water partition coefficient (Wildman–Crippen LogP) is 4.04. The molecular weight excluding hydrogens is 492 g/mol. The van der Waals surface area contributed by atoms with E-state index in [0.29, 0.717) is 34.4 Å². The highest BCUT2D eigenvalue weighted by molar-refractivity contribution is 6.00. The van der Waals surface area contributed by atoms with Gasteiger partial charge in [-0.1, -0.05) is 0 Å². The zero-order valence-corrected chi connectivity index (χ0v) is 21.3. The second-order valence-electron chi connectivity index (χ2n) is 8.40. The molecule has 1 N–H and O–H groups in total. The summed E-state index contributed by atoms with van der Waals surface area (Å²) in [5.74, 6) is 0.884. The van der Waals surface area contributed by atoms with Crippen LogP contribution in [-0.4, -0.2) is 52.3 Å². The fraction of sp³-hybridized carbons (Fsp3) is 0.250. The molecule has 2 amide bonds. The average Bonchev–Trinajstić information content (AvgIpc) is 3.34. The van der Waals surface area contributed by atoms with E-state index in [-0.39, 0.29) is 18.9 Å². The van der Waals surface area contributed by atoms with Crippen LogP contribution in [0.2, 0.25) is 0 Å². The van der Waals surface area contributed by atoms with Crippen LogP contribution in [0.3, 0.4) is 0 Å². The molecule has 1 aliphatic heterocycles. The summed E-state index contributed by atoms with van der Waals surface area (Å²) in [4.78, 5) is 39.1. The number of rotatable bonds is 10. The van der Waals surface area contributed by atoms with Gasteiger partial charge in [0.15, 0.2) is 6.61 Å². The summed E-state index contributed by atoms with van der Waals surface area (Å²) in [6.07, 6.45) is -0.00570. The highest BCUT2D eigenvalue weighted by atomic mass is 16.5. The predicted molar refractivity (Wildman–Crippen MR) is 139 cm³/mol. The number of amides is 2. The first-order valence-electron chi connectivity index (χ1n) is 11.8. The molecule has 0 aromatic heterocycles. The summed E-state index contributed by atoms with van der Waals surface area (Å²) in [6, 6.07) is 19.1. The first-order chi connectivity index (χ1) is 18.4. The second-order valence-corrected chi connectivity index (χ2v) is 8.40. The summed E-state index contributed by atoms with van der Waals surface area (Å²) in [5, 5.41) is 2.64. The maximum Gasteiger partial charge on any atom is 0.311 e. The standard InChI is InChI=1S/C28H28N2O8/c1-34-20-8-10-22(11-9-20)38-21-6-4-19(5-7-21)30-16-18(14-27(30)32)28(33)37-17-26(31)29-24-15-23(35-2)12-13-25(24)36-3/h4-13,15,18H,14,16-17H2,1-3H3,(H,29,31)/t18-/m1/s1. The van der Waals surface area contributed by atoms with E-state index < -0.39 is 24.4 Å². The third-order valence-corrected chi connectivity index (χ3v) is 5.93. The molecule has 0 unspecified atom stereocenters. The van der Waals surface area contributed by atoms with E-state index in [9.17, 15) is 14.4 Å². The molecule has 1 fully saturated rings. The minimum Gasteiger partial charge on any atom is -0.497 e. The van der Waals surface area contributed by atoms with Crippen LogP contribution in [0.5, 0.6) is 28.7 Å². The summed E-state index contributed by atoms with van der Waals surface area (Å²) >= 11 is 0. The Labute approximate surface area is 220 Å². The number of carbonyl (C=O) groups is 3. The molecule has 0 aliphatic carbocycles. The van der Waals surface area contributed by atoms with E-state index in [1.807, 2.05) is 0 Å². The van der Waals surface area contributed by atoms with Gasteiger partial charge in [0.05, 0.1) is 32.9 Å². The van der Waals surface area contributed by atoms with Crippen LogP contribution in [0.25, 0.3) is 0 Å². The van der Waals surface area contributed by atoms with Gasteiger partial charge in [-0.3, -0.25) is 14.4 Å². The number of esters is 1. The highest BCUT2D eigenvalue weighted by Gasteiger charge is 2.36. The number of nitrogens with one attached hydrogen (secondary N) is 1. The van der Waals surface area contributed by atoms with Crippen LogP contribution in [0.4, 0.5) is 11.4 Å². The van der Waals surface area contributed by atoms with Crippen molar-refractivity contribution in [1.29, 1.82) is 0 Å². The molecule has 1 atom stereocenters. The molecule has 0 radical (unpaired) electrons. The molecule has 10 nitrogen and oxygen atoms in total. The number of ether oxygens (including phenoxy) is 5. The van der Waals surface area contributed by atoms with Crippen LogP contribution < -0.4 is 29.2 Å². The van der Waals surface area contributed by atoms with E-state index in [1.165, 1.54) is 19.1 Å². The zero-order valence-electron chi connectivity index (χ0n) is 21.3. The van der Waals surface area contributed by atoms with Crippen LogP contribution in [-0.2, 0) is 19.1 Å². The Kier molecular flexibility index (Phi) is 8.32. The normalized spacial score (nSPS) is 14.6. The van der Waals surface area contributed by atoms with E-state index in [0.717, 1.165) is 5.75 Å². The van der Waals surface area contributed by atoms with E-state index in [1.54, 1.807) is 73.8 Å². The molecule has 0 saturated carbocycles. The third kappa shape index (κ3) is 6.33. The van der Waals surface area contributed by atoms with Crippen molar-refractivity contribution in [2.45, 2.75) is 6.42 Å². The van der Waals surface area contributed by atoms with Gasteiger partial charge in [-0.05, 0) is 60.7 Å². The minimum absolute atomic E-state index is 0.00570. The van der Waals surface area contributed by atoms with Gasteiger partial charge >= 0.3 is 5.97 Å². The summed E-state index contributed by atoms with van der Waals surface area (Å²) in [7, 11) is 4.57. The van der Waals surface area contributed by atoms with E-state index >= 15 is 0 Å². The Morgan fingerprint density at radius 2 is 1.45 bits per heavy atom. The van der Waals surface area contributed by atoms with Crippen molar-refractivity contribution in [1.82, 2.24) is 0 Å². The number of methoxy groups -OCH3 is 3. The lowest BCUT2D eigenvalue weighted by Crippen LogP contribution is -2.28. The second kappa shape index (κ2) is 12.0. The number of hydrogen-bond acceptors (Lipinski definition) is 8. The molecule has 4 rings (SSSR count). The maximum absolute atomic E-state index is 12.6. The Bertz CT molecular complexity index is 1290. The fourth-order valence-electron chi connectivity index (χ4n) is 3.94. The van der Waals surface area contributed by atoms with Gasteiger partial charge in [0.1, 0.15) is 28.7 Å². The first kappa shape index (κ1) is 26.3. The molecule has 3 aromatic carbocycles. The lowest BCUT2D eigenvalue weighted by atomic mass is 10.1. The molecule has 1 saturated heterocycles. The van der Waals surface area contributed by atoms with Gasteiger partial charge in [0.2, 0.25) is 5.91 Å². The van der Waals surface area contributed by atoms with Crippen LogP contribution in [0.15, 0.2) is 66.7 Å². The van der Waals surface area contributed by atoms with Crippen molar-refractivity contribution < 1.29 is 38.1 Å². The molecule has 3 aromatic rings. The van der Waals surface area contributed by atoms with Crippen molar-refractivity contribution in [3.05, 3.63) is 66.7 Å². The smallest absolute Gasteiger partial charge is 0.311 e. The number of anilines is 2. The van der Waals surface area contributed by atoms with Crippen LogP contribution in [0.1, 0.15) is 6.42 Å². The SMILES string of the molecule is COc1ccc(Oc2ccc(N3C[C@H](C(=O)OCC(=O)Nc4cc(OC)ccc4OC)CC3=O)cc2)cc1. The van der Waals surface area contributed by atoms with Crippen molar-refractivity contribution >= 4 is 29.2 Å². The Balaban J connectivity index is 1.29. The molecule has 1 heterocycles. The first-order valence-corrected chi connectivity index (χ1v) is 11.8. The van der Waals surface area contributed by atoms with Gasteiger partial charge in [0.25, 0.3) is 5.91 Å². The Morgan fingerprint density at radius 3 is 2.08 bits per heavy atom. The van der Waals surface area contributed by atoms with Crippen molar-refractivity contribution in [2.24, 2.45) is 5.92 Å². The molecule has 10 heteroatoms. The highest BCUT2D eigenvalue weighted by Crippen LogP contribution is 2.31. The van der Waals surface area contributed by atoms with Gasteiger partial charge in [-0.2, -0.15) is 0 Å². The molecule has 1 aliphatic rings. The van der Waals surface area contributed by atoms with Crippen molar-refractivity contribution in [2.75, 3.05) is 44.7 Å². The topological polar surface area (TPSA) is 113 Å². The van der Waals surface area contributed by atoms with E-state index in [2.05, 4.69) is 5.32 Å². The van der Waals surface area contributed by atoms with Gasteiger partial charge in [0, 0.05) is 24.7 Å². The largest absolute Gasteiger partial charge is 0.497 e. The molecule has 198 valence electrons. The lowest BCUT2D eigenvalue weighted by molar-refractivity contribution is -0.151. The third-order valence-electron chi connectivity index (χ3n) is 5.93. The van der Waals surface area contributed by atoms with Gasteiger partial charge in [-0.15, -0.1) is 0 Å².